The molecule has 1 aromatic carbocycles. The molecule has 0 saturated carbocycles. The second-order valence-corrected chi connectivity index (χ2v) is 5.67. The molecular formula is C17H21N3O3. The van der Waals surface area contributed by atoms with Crippen molar-refractivity contribution in [2.24, 2.45) is 0 Å². The molecule has 6 nitrogen and oxygen atoms in total. The van der Waals surface area contributed by atoms with Gasteiger partial charge >= 0.3 is 0 Å². The van der Waals surface area contributed by atoms with E-state index in [9.17, 15) is 4.79 Å². The third-order valence-electron chi connectivity index (χ3n) is 3.81. The van der Waals surface area contributed by atoms with Gasteiger partial charge in [-0.05, 0) is 30.5 Å². The molecule has 1 aliphatic heterocycles. The molecule has 1 aromatic heterocycles. The van der Waals surface area contributed by atoms with Crippen LogP contribution in [0.15, 0.2) is 36.7 Å². The van der Waals surface area contributed by atoms with Crippen LogP contribution in [0.25, 0.3) is 0 Å². The summed E-state index contributed by atoms with van der Waals surface area (Å²) in [7, 11) is 1.63. The Labute approximate surface area is 135 Å². The fraction of sp³-hybridized carbons (Fsp3) is 0.412. The summed E-state index contributed by atoms with van der Waals surface area (Å²) >= 11 is 0. The van der Waals surface area contributed by atoms with Crippen molar-refractivity contribution in [2.75, 3.05) is 19.0 Å². The summed E-state index contributed by atoms with van der Waals surface area (Å²) < 4.78 is 12.5. The number of hydrogen-bond donors (Lipinski definition) is 1. The number of nitrogens with one attached hydrogen (secondary N) is 1. The molecule has 1 fully saturated rings. The van der Waals surface area contributed by atoms with E-state index in [0.717, 1.165) is 31.6 Å². The normalized spacial score (nSPS) is 17.3. The van der Waals surface area contributed by atoms with Gasteiger partial charge in [-0.2, -0.15) is 5.10 Å². The lowest BCUT2D eigenvalue weighted by Gasteiger charge is -2.08. The molecule has 1 aliphatic rings. The van der Waals surface area contributed by atoms with Crippen LogP contribution in [-0.2, 0) is 22.6 Å². The third-order valence-corrected chi connectivity index (χ3v) is 3.81. The highest BCUT2D eigenvalue weighted by Crippen LogP contribution is 2.15. The topological polar surface area (TPSA) is 65.4 Å². The Morgan fingerprint density at radius 2 is 2.43 bits per heavy atom. The smallest absolute Gasteiger partial charge is 0.255 e. The Morgan fingerprint density at radius 3 is 3.22 bits per heavy atom. The van der Waals surface area contributed by atoms with Gasteiger partial charge in [0.05, 0.1) is 31.1 Å². The maximum absolute atomic E-state index is 12.3. The summed E-state index contributed by atoms with van der Waals surface area (Å²) in [5.74, 6) is -0.153. The van der Waals surface area contributed by atoms with Crippen LogP contribution in [0, 0.1) is 0 Å². The molecule has 1 saturated heterocycles. The molecule has 6 heteroatoms. The largest absolute Gasteiger partial charge is 0.380 e. The molecule has 0 bridgehead atoms. The van der Waals surface area contributed by atoms with E-state index in [1.807, 2.05) is 29.1 Å². The number of carbonyl (C=O) groups excluding carboxylic acids is 1. The van der Waals surface area contributed by atoms with E-state index in [-0.39, 0.29) is 12.0 Å². The highest BCUT2D eigenvalue weighted by molar-refractivity contribution is 6.04. The maximum atomic E-state index is 12.3. The zero-order valence-corrected chi connectivity index (χ0v) is 13.2. The van der Waals surface area contributed by atoms with E-state index in [0.29, 0.717) is 17.9 Å². The molecule has 23 heavy (non-hydrogen) atoms. The summed E-state index contributed by atoms with van der Waals surface area (Å²) in [5.41, 5.74) is 2.26. The molecule has 1 unspecified atom stereocenters. The highest BCUT2D eigenvalue weighted by atomic mass is 16.5. The third kappa shape index (κ3) is 4.18. The van der Waals surface area contributed by atoms with E-state index in [1.54, 1.807) is 19.4 Å². The molecule has 0 radical (unpaired) electrons. The number of hydrogen-bond acceptors (Lipinski definition) is 4. The van der Waals surface area contributed by atoms with Gasteiger partial charge in [-0.1, -0.05) is 12.1 Å². The van der Waals surface area contributed by atoms with Crippen molar-refractivity contribution in [2.45, 2.75) is 32.1 Å². The summed E-state index contributed by atoms with van der Waals surface area (Å²) in [6, 6.07) is 7.39. The number of anilines is 1. The SMILES string of the molecule is COCc1cccc(C(=O)Nc2cnn(CC3CCCO3)c2)c1. The first-order chi connectivity index (χ1) is 11.2. The number of nitrogens with zero attached hydrogens (tertiary/aromatic N) is 2. The van der Waals surface area contributed by atoms with Gasteiger partial charge in [-0.25, -0.2) is 0 Å². The number of carbonyl (C=O) groups is 1. The van der Waals surface area contributed by atoms with E-state index in [2.05, 4.69) is 10.4 Å². The number of methoxy groups -OCH3 is 1. The summed E-state index contributed by atoms with van der Waals surface area (Å²) in [6.07, 6.45) is 5.88. The van der Waals surface area contributed by atoms with E-state index < -0.39 is 0 Å². The van der Waals surface area contributed by atoms with Crippen LogP contribution < -0.4 is 5.32 Å². The van der Waals surface area contributed by atoms with Gasteiger partial charge in [0.1, 0.15) is 0 Å². The first-order valence-corrected chi connectivity index (χ1v) is 7.78. The maximum Gasteiger partial charge on any atom is 0.255 e. The zero-order valence-electron chi connectivity index (χ0n) is 13.2. The Balaban J connectivity index is 1.61. The predicted octanol–water partition coefficient (Wildman–Crippen LogP) is 2.46. The molecule has 0 aliphatic carbocycles. The van der Waals surface area contributed by atoms with Gasteiger partial charge < -0.3 is 14.8 Å². The van der Waals surface area contributed by atoms with Crippen LogP contribution in [-0.4, -0.2) is 35.5 Å². The average Bonchev–Trinajstić information content (AvgIpc) is 3.21. The molecule has 1 N–H and O–H groups in total. The minimum atomic E-state index is -0.153. The summed E-state index contributed by atoms with van der Waals surface area (Å²) in [4.78, 5) is 12.3. The standard InChI is InChI=1S/C17H21N3O3/c1-22-12-13-4-2-5-14(8-13)17(21)19-15-9-18-20(10-15)11-16-6-3-7-23-16/h2,4-5,8-10,16H,3,6-7,11-12H2,1H3,(H,19,21). The second-order valence-electron chi connectivity index (χ2n) is 5.67. The predicted molar refractivity (Wildman–Crippen MR) is 86.3 cm³/mol. The quantitative estimate of drug-likeness (QED) is 0.889. The van der Waals surface area contributed by atoms with Crippen molar-refractivity contribution in [3.8, 4) is 0 Å². The minimum Gasteiger partial charge on any atom is -0.380 e. The Hall–Kier alpha value is -2.18. The number of rotatable bonds is 6. The van der Waals surface area contributed by atoms with Crippen molar-refractivity contribution in [1.82, 2.24) is 9.78 Å². The van der Waals surface area contributed by atoms with Gasteiger partial charge in [0.25, 0.3) is 5.91 Å². The fourth-order valence-electron chi connectivity index (χ4n) is 2.70. The number of aromatic nitrogens is 2. The lowest BCUT2D eigenvalue weighted by Crippen LogP contribution is -2.15. The van der Waals surface area contributed by atoms with E-state index in [1.165, 1.54) is 0 Å². The van der Waals surface area contributed by atoms with Gasteiger partial charge in [-0.15, -0.1) is 0 Å². The first-order valence-electron chi connectivity index (χ1n) is 7.78. The van der Waals surface area contributed by atoms with E-state index >= 15 is 0 Å². The van der Waals surface area contributed by atoms with Crippen molar-refractivity contribution in [3.63, 3.8) is 0 Å². The molecular weight excluding hydrogens is 294 g/mol. The highest BCUT2D eigenvalue weighted by Gasteiger charge is 2.16. The van der Waals surface area contributed by atoms with E-state index in [4.69, 9.17) is 9.47 Å². The lowest BCUT2D eigenvalue weighted by molar-refractivity contribution is 0.0940. The van der Waals surface area contributed by atoms with Gasteiger partial charge in [0.15, 0.2) is 0 Å². The van der Waals surface area contributed by atoms with Crippen molar-refractivity contribution in [3.05, 3.63) is 47.8 Å². The summed E-state index contributed by atoms with van der Waals surface area (Å²) in [5, 5.41) is 7.14. The number of ether oxygens (including phenoxy) is 2. The van der Waals surface area contributed by atoms with Crippen LogP contribution in [0.1, 0.15) is 28.8 Å². The van der Waals surface area contributed by atoms with Crippen molar-refractivity contribution >= 4 is 11.6 Å². The van der Waals surface area contributed by atoms with Gasteiger partial charge in [0.2, 0.25) is 0 Å². The van der Waals surface area contributed by atoms with Crippen LogP contribution in [0.2, 0.25) is 0 Å². The minimum absolute atomic E-state index is 0.153. The molecule has 0 spiro atoms. The van der Waals surface area contributed by atoms with Crippen LogP contribution in [0.4, 0.5) is 5.69 Å². The monoisotopic (exact) mass is 315 g/mol. The Kier molecular flexibility index (Phi) is 5.05. The van der Waals surface area contributed by atoms with Gasteiger partial charge in [-0.3, -0.25) is 9.48 Å². The average molecular weight is 315 g/mol. The van der Waals surface area contributed by atoms with Crippen LogP contribution in [0.3, 0.4) is 0 Å². The van der Waals surface area contributed by atoms with Crippen LogP contribution >= 0.6 is 0 Å². The number of amides is 1. The summed E-state index contributed by atoms with van der Waals surface area (Å²) in [6.45, 7) is 2.03. The molecule has 3 rings (SSSR count). The Morgan fingerprint density at radius 1 is 1.52 bits per heavy atom. The second kappa shape index (κ2) is 7.39. The van der Waals surface area contributed by atoms with Gasteiger partial charge in [0, 0.05) is 25.5 Å². The Bertz CT molecular complexity index is 663. The molecule has 2 heterocycles. The first kappa shape index (κ1) is 15.7. The van der Waals surface area contributed by atoms with Crippen molar-refractivity contribution < 1.29 is 14.3 Å². The fourth-order valence-corrected chi connectivity index (χ4v) is 2.70. The lowest BCUT2D eigenvalue weighted by atomic mass is 10.1. The molecule has 1 amide bonds. The molecule has 2 aromatic rings. The molecule has 1 atom stereocenters. The number of benzene rings is 1. The van der Waals surface area contributed by atoms with Crippen molar-refractivity contribution in [1.29, 1.82) is 0 Å². The zero-order chi connectivity index (χ0) is 16.1. The van der Waals surface area contributed by atoms with Crippen LogP contribution in [0.5, 0.6) is 0 Å². The molecule has 122 valence electrons.